The molecule has 8 aliphatic carbocycles. The van der Waals surface area contributed by atoms with Crippen LogP contribution in [-0.2, 0) is 0 Å². The molecule has 0 saturated heterocycles. The Morgan fingerprint density at radius 2 is 1.11 bits per heavy atom. The van der Waals surface area contributed by atoms with Gasteiger partial charge in [0.25, 0.3) is 0 Å². The number of hydrogen-bond acceptors (Lipinski definition) is 0. The van der Waals surface area contributed by atoms with Crippen LogP contribution in [0.15, 0.2) is 35.5 Å². The van der Waals surface area contributed by atoms with Crippen LogP contribution in [0.2, 0.25) is 0 Å². The predicted molar refractivity (Wildman–Crippen MR) is 154 cm³/mol. The number of rotatable bonds is 5. The maximum atomic E-state index is 2.41. The fourth-order valence-corrected chi connectivity index (χ4v) is 12.4. The van der Waals surface area contributed by atoms with Crippen LogP contribution in [0.1, 0.15) is 112 Å². The van der Waals surface area contributed by atoms with E-state index >= 15 is 0 Å². The van der Waals surface area contributed by atoms with Gasteiger partial charge in [-0.1, -0.05) is 49.1 Å². The van der Waals surface area contributed by atoms with Gasteiger partial charge in [-0.2, -0.15) is 0 Å². The molecule has 199 valence electrons. The Morgan fingerprint density at radius 3 is 1.69 bits per heavy atom. The molecular formula is C36H55. The smallest absolute Gasteiger partial charge is 0.00832 e. The molecule has 8 atom stereocenters. The lowest BCUT2D eigenvalue weighted by atomic mass is 9.44. The Kier molecular flexibility index (Phi) is 6.07. The van der Waals surface area contributed by atoms with Crippen molar-refractivity contribution in [2.24, 2.45) is 71.0 Å². The van der Waals surface area contributed by atoms with Gasteiger partial charge in [-0.15, -0.1) is 0 Å². The first-order valence-electron chi connectivity index (χ1n) is 16.8. The first-order chi connectivity index (χ1) is 17.8. The average Bonchev–Trinajstić information content (AvgIpc) is 3.74. The SMILES string of the molecule is [CH]1C=C1C1CCC(C(C2CCC(C3=CC=C3)CC2)C2CCC3CCC4CCCC5CCC2C3C45)CC1.[HH].[HH]. The van der Waals surface area contributed by atoms with E-state index in [4.69, 9.17) is 0 Å². The molecule has 0 amide bonds. The highest BCUT2D eigenvalue weighted by atomic mass is 14.6. The molecule has 0 aromatic carbocycles. The van der Waals surface area contributed by atoms with Gasteiger partial charge in [-0.05, 0) is 166 Å². The molecule has 0 heteroatoms. The fraction of sp³-hybridized carbons (Fsp3) is 0.806. The van der Waals surface area contributed by atoms with E-state index in [1.165, 1.54) is 25.7 Å². The highest BCUT2D eigenvalue weighted by Crippen LogP contribution is 2.64. The molecule has 0 heterocycles. The van der Waals surface area contributed by atoms with Crippen molar-refractivity contribution in [1.29, 1.82) is 0 Å². The quantitative estimate of drug-likeness (QED) is 0.362. The summed E-state index contributed by atoms with van der Waals surface area (Å²) in [6, 6.07) is 0. The monoisotopic (exact) mass is 487 g/mol. The molecule has 8 unspecified atom stereocenters. The molecule has 0 aliphatic heterocycles. The topological polar surface area (TPSA) is 0 Å². The molecule has 8 aliphatic rings. The number of allylic oxidation sites excluding steroid dienone is 6. The van der Waals surface area contributed by atoms with E-state index in [2.05, 4.69) is 30.7 Å². The summed E-state index contributed by atoms with van der Waals surface area (Å²) in [7, 11) is 0. The van der Waals surface area contributed by atoms with Gasteiger partial charge >= 0.3 is 0 Å². The lowest BCUT2D eigenvalue weighted by Gasteiger charge is -2.61. The van der Waals surface area contributed by atoms with Gasteiger partial charge in [-0.3, -0.25) is 0 Å². The summed E-state index contributed by atoms with van der Waals surface area (Å²) in [6.07, 6.45) is 38.6. The largest absolute Gasteiger partial charge is 0.0763 e. The van der Waals surface area contributed by atoms with Crippen LogP contribution in [0.5, 0.6) is 0 Å². The summed E-state index contributed by atoms with van der Waals surface area (Å²) in [5.74, 6) is 12.9. The maximum absolute atomic E-state index is 2.41. The third kappa shape index (κ3) is 3.97. The van der Waals surface area contributed by atoms with Crippen molar-refractivity contribution >= 4 is 0 Å². The Morgan fingerprint density at radius 1 is 0.556 bits per heavy atom. The molecule has 1 radical (unpaired) electrons. The number of hydrogen-bond donors (Lipinski definition) is 0. The molecule has 0 bridgehead atoms. The van der Waals surface area contributed by atoms with Crippen LogP contribution >= 0.6 is 0 Å². The Hall–Kier alpha value is -0.780. The molecule has 0 N–H and O–H groups in total. The maximum Gasteiger partial charge on any atom is 0.00832 e. The van der Waals surface area contributed by atoms with Gasteiger partial charge < -0.3 is 0 Å². The summed E-state index contributed by atoms with van der Waals surface area (Å²) in [5, 5.41) is 0. The summed E-state index contributed by atoms with van der Waals surface area (Å²) in [5.41, 5.74) is 3.40. The summed E-state index contributed by atoms with van der Waals surface area (Å²) < 4.78 is 0. The zero-order valence-electron chi connectivity index (χ0n) is 22.8. The van der Waals surface area contributed by atoms with Crippen LogP contribution in [0, 0.1) is 77.4 Å². The third-order valence-corrected chi connectivity index (χ3v) is 13.9. The Labute approximate surface area is 224 Å². The van der Waals surface area contributed by atoms with Gasteiger partial charge in [0, 0.05) is 9.27 Å². The minimum atomic E-state index is 0. The lowest BCUT2D eigenvalue weighted by Crippen LogP contribution is -2.54. The molecule has 0 aromatic heterocycles. The van der Waals surface area contributed by atoms with E-state index in [9.17, 15) is 0 Å². The molecule has 0 nitrogen and oxygen atoms in total. The standard InChI is InChI=1S/C36H51.2H2/c1-3-23(4-1)24-9-13-29(14-10-24)34(30-15-11-26(12-16-30)25-7-8-25)32-21-20-31-18-17-27-5-2-6-28-19-22-33(32)36(31)35(27)28;;/h1,3-4,7-8,24,26-36H,2,5-6,9-22H2;2*1H. The molecule has 6 fully saturated rings. The van der Waals surface area contributed by atoms with Gasteiger partial charge in [0.2, 0.25) is 0 Å². The molecule has 6 saturated carbocycles. The molecular weight excluding hydrogens is 432 g/mol. The van der Waals surface area contributed by atoms with Crippen LogP contribution in [0.25, 0.3) is 0 Å². The third-order valence-electron chi connectivity index (χ3n) is 13.9. The van der Waals surface area contributed by atoms with Crippen LogP contribution in [0.4, 0.5) is 0 Å². The molecule has 0 aromatic rings. The summed E-state index contributed by atoms with van der Waals surface area (Å²) in [6.45, 7) is 0. The molecule has 36 heavy (non-hydrogen) atoms. The normalized spacial score (nSPS) is 50.3. The highest BCUT2D eigenvalue weighted by Gasteiger charge is 2.55. The van der Waals surface area contributed by atoms with Crippen molar-refractivity contribution in [2.75, 3.05) is 0 Å². The highest BCUT2D eigenvalue weighted by molar-refractivity contribution is 5.41. The predicted octanol–water partition coefficient (Wildman–Crippen LogP) is 10.2. The summed E-state index contributed by atoms with van der Waals surface area (Å²) >= 11 is 0. The lowest BCUT2D eigenvalue weighted by molar-refractivity contribution is -0.120. The van der Waals surface area contributed by atoms with Crippen molar-refractivity contribution in [1.82, 2.24) is 0 Å². The Bertz CT molecular complexity index is 908. The van der Waals surface area contributed by atoms with Crippen molar-refractivity contribution in [2.45, 2.75) is 109 Å². The van der Waals surface area contributed by atoms with Gasteiger partial charge in [-0.25, -0.2) is 0 Å². The van der Waals surface area contributed by atoms with Crippen molar-refractivity contribution in [3.8, 4) is 0 Å². The van der Waals surface area contributed by atoms with Gasteiger partial charge in [0.15, 0.2) is 0 Å². The van der Waals surface area contributed by atoms with Crippen molar-refractivity contribution in [3.63, 3.8) is 0 Å². The van der Waals surface area contributed by atoms with E-state index in [0.717, 1.165) is 71.0 Å². The first kappa shape index (κ1) is 23.1. The Balaban J connectivity index is 0.00000132. The molecule has 0 spiro atoms. The minimum absolute atomic E-state index is 0. The zero-order chi connectivity index (χ0) is 23.6. The van der Waals surface area contributed by atoms with Gasteiger partial charge in [0.05, 0.1) is 0 Å². The van der Waals surface area contributed by atoms with E-state index in [1.807, 2.05) is 0 Å². The first-order valence-corrected chi connectivity index (χ1v) is 16.8. The summed E-state index contributed by atoms with van der Waals surface area (Å²) in [4.78, 5) is 0. The zero-order valence-corrected chi connectivity index (χ0v) is 22.8. The van der Waals surface area contributed by atoms with Gasteiger partial charge in [0.1, 0.15) is 0 Å². The van der Waals surface area contributed by atoms with E-state index in [0.29, 0.717) is 0 Å². The molecule has 8 rings (SSSR count). The fourth-order valence-electron chi connectivity index (χ4n) is 12.4. The second kappa shape index (κ2) is 9.45. The average molecular weight is 488 g/mol. The van der Waals surface area contributed by atoms with Crippen LogP contribution < -0.4 is 0 Å². The van der Waals surface area contributed by atoms with E-state index in [-0.39, 0.29) is 2.85 Å². The van der Waals surface area contributed by atoms with Crippen molar-refractivity contribution in [3.05, 3.63) is 41.9 Å². The minimum Gasteiger partial charge on any atom is -0.0763 e. The second-order valence-corrected chi connectivity index (χ2v) is 15.1. The van der Waals surface area contributed by atoms with Crippen LogP contribution in [-0.4, -0.2) is 0 Å². The van der Waals surface area contributed by atoms with E-state index < -0.39 is 0 Å². The van der Waals surface area contributed by atoms with E-state index in [1.54, 1.807) is 94.6 Å². The second-order valence-electron chi connectivity index (χ2n) is 15.1. The van der Waals surface area contributed by atoms with Crippen LogP contribution in [0.3, 0.4) is 0 Å². The van der Waals surface area contributed by atoms with Crippen molar-refractivity contribution < 1.29 is 2.85 Å².